The van der Waals surface area contributed by atoms with Crippen LogP contribution in [0.3, 0.4) is 0 Å². The Morgan fingerprint density at radius 1 is 0.900 bits per heavy atom. The lowest BCUT2D eigenvalue weighted by Crippen LogP contribution is -2.44. The molecule has 40 heavy (non-hydrogen) atoms. The number of anilines is 1. The lowest BCUT2D eigenvalue weighted by molar-refractivity contribution is 0.312. The van der Waals surface area contributed by atoms with Gasteiger partial charge >= 0.3 is 0 Å². The van der Waals surface area contributed by atoms with Crippen LogP contribution in [0, 0.1) is 12.7 Å². The highest BCUT2D eigenvalue weighted by molar-refractivity contribution is 5.72. The van der Waals surface area contributed by atoms with Gasteiger partial charge in [-0.25, -0.2) is 24.0 Å². The smallest absolute Gasteiger partial charge is 0.166 e. The Morgan fingerprint density at radius 3 is 2.52 bits per heavy atom. The zero-order chi connectivity index (χ0) is 27.6. The van der Waals surface area contributed by atoms with Crippen molar-refractivity contribution in [3.05, 3.63) is 84.8 Å². The second kappa shape index (κ2) is 10.8. The third-order valence-electron chi connectivity index (χ3n) is 7.16. The number of ether oxygens (including phenoxy) is 1. The van der Waals surface area contributed by atoms with Crippen LogP contribution in [-0.2, 0) is 0 Å². The van der Waals surface area contributed by atoms with Crippen LogP contribution in [-0.4, -0.2) is 75.0 Å². The molecule has 1 saturated heterocycles. The van der Waals surface area contributed by atoms with Gasteiger partial charge in [-0.15, -0.1) is 0 Å². The molecule has 1 aliphatic rings. The summed E-state index contributed by atoms with van der Waals surface area (Å²) in [5.74, 6) is 1.75. The van der Waals surface area contributed by atoms with Crippen LogP contribution < -0.4 is 9.64 Å². The van der Waals surface area contributed by atoms with E-state index in [2.05, 4.69) is 49.9 Å². The summed E-state index contributed by atoms with van der Waals surface area (Å²) in [7, 11) is 3.63. The van der Waals surface area contributed by atoms with Crippen LogP contribution >= 0.6 is 0 Å². The van der Waals surface area contributed by atoms with Gasteiger partial charge in [0, 0.05) is 62.1 Å². The van der Waals surface area contributed by atoms with E-state index in [1.54, 1.807) is 41.5 Å². The normalized spacial score (nSPS) is 13.9. The minimum Gasteiger partial charge on any atom is -0.496 e. The van der Waals surface area contributed by atoms with E-state index in [9.17, 15) is 4.39 Å². The summed E-state index contributed by atoms with van der Waals surface area (Å²) >= 11 is 0. The van der Waals surface area contributed by atoms with Crippen LogP contribution in [0.25, 0.3) is 39.6 Å². The molecule has 0 atom stereocenters. The number of piperazine rings is 1. The maximum absolute atomic E-state index is 14.7. The second-order valence-corrected chi connectivity index (χ2v) is 9.81. The first-order valence-electron chi connectivity index (χ1n) is 13.1. The summed E-state index contributed by atoms with van der Waals surface area (Å²) in [4.78, 5) is 22.9. The summed E-state index contributed by atoms with van der Waals surface area (Å²) in [6.07, 6.45) is 8.89. The number of methoxy groups -OCH3 is 1. The average molecular weight is 537 g/mol. The number of benzene rings is 1. The van der Waals surface area contributed by atoms with Crippen LogP contribution in [0.5, 0.6) is 5.75 Å². The topological polar surface area (TPSA) is 85.1 Å². The number of pyridine rings is 2. The number of nitrogens with zero attached hydrogens (tertiary/aromatic N) is 8. The zero-order valence-corrected chi connectivity index (χ0v) is 22.6. The second-order valence-electron chi connectivity index (χ2n) is 9.81. The molecule has 202 valence electrons. The molecular weight excluding hydrogens is 507 g/mol. The Labute approximate surface area is 231 Å². The van der Waals surface area contributed by atoms with Gasteiger partial charge in [-0.3, -0.25) is 4.98 Å². The SMILES string of the molecule is COc1cccc(F)c1-c1nccc(-c2cnn(-c3cc(-c4cnccc4C)cc(N4CCN(C)CC4)n3)c2)n1. The van der Waals surface area contributed by atoms with Gasteiger partial charge in [0.05, 0.1) is 24.6 Å². The first-order valence-corrected chi connectivity index (χ1v) is 13.1. The predicted molar refractivity (Wildman–Crippen MR) is 152 cm³/mol. The molecule has 6 rings (SSSR count). The molecule has 0 radical (unpaired) electrons. The van der Waals surface area contributed by atoms with Gasteiger partial charge in [0.1, 0.15) is 17.4 Å². The summed E-state index contributed by atoms with van der Waals surface area (Å²) in [5, 5.41) is 4.62. The molecule has 9 nitrogen and oxygen atoms in total. The summed E-state index contributed by atoms with van der Waals surface area (Å²) in [5.41, 5.74) is 4.79. The van der Waals surface area contributed by atoms with Crippen molar-refractivity contribution in [2.24, 2.45) is 0 Å². The Hall–Kier alpha value is -4.70. The van der Waals surface area contributed by atoms with E-state index in [1.807, 2.05) is 24.5 Å². The lowest BCUT2D eigenvalue weighted by atomic mass is 10.0. The first-order chi connectivity index (χ1) is 19.5. The van der Waals surface area contributed by atoms with Gasteiger partial charge in [0.2, 0.25) is 0 Å². The van der Waals surface area contributed by atoms with Gasteiger partial charge < -0.3 is 14.5 Å². The highest BCUT2D eigenvalue weighted by Gasteiger charge is 2.19. The molecule has 0 bridgehead atoms. The minimum atomic E-state index is -0.449. The summed E-state index contributed by atoms with van der Waals surface area (Å²) in [6.45, 7) is 5.82. The Bertz CT molecular complexity index is 1660. The van der Waals surface area contributed by atoms with Gasteiger partial charge in [-0.2, -0.15) is 5.10 Å². The van der Waals surface area contributed by atoms with Crippen molar-refractivity contribution in [3.63, 3.8) is 0 Å². The van der Waals surface area contributed by atoms with E-state index in [4.69, 9.17) is 9.72 Å². The Balaban J connectivity index is 1.39. The molecule has 0 N–H and O–H groups in total. The highest BCUT2D eigenvalue weighted by Crippen LogP contribution is 2.32. The third kappa shape index (κ3) is 5.01. The fraction of sp³-hybridized carbons (Fsp3) is 0.233. The molecule has 0 unspecified atom stereocenters. The van der Waals surface area contributed by atoms with Gasteiger partial charge in [-0.1, -0.05) is 6.07 Å². The van der Waals surface area contributed by atoms with Gasteiger partial charge in [0.15, 0.2) is 11.6 Å². The van der Waals surface area contributed by atoms with Crippen LogP contribution in [0.4, 0.5) is 10.2 Å². The van der Waals surface area contributed by atoms with Crippen LogP contribution in [0.1, 0.15) is 5.56 Å². The fourth-order valence-corrected chi connectivity index (χ4v) is 4.85. The molecule has 4 aromatic heterocycles. The van der Waals surface area contributed by atoms with Crippen molar-refractivity contribution in [2.75, 3.05) is 45.2 Å². The Kier molecular flexibility index (Phi) is 6.91. The van der Waals surface area contributed by atoms with E-state index in [0.29, 0.717) is 17.3 Å². The van der Waals surface area contributed by atoms with Crippen molar-refractivity contribution in [1.29, 1.82) is 0 Å². The minimum absolute atomic E-state index is 0.220. The zero-order valence-electron chi connectivity index (χ0n) is 22.6. The van der Waals surface area contributed by atoms with E-state index in [1.165, 1.54) is 13.2 Å². The standard InChI is InChI=1S/C30H29FN8O/c1-20-7-9-32-18-23(20)21-15-27(38-13-11-37(2)12-14-38)36-28(16-21)39-19-22(17-34-39)25-8-10-33-30(35-25)29-24(31)5-4-6-26(29)40-3/h4-10,15-19H,11-14H2,1-3H3. The molecule has 1 aromatic carbocycles. The average Bonchev–Trinajstić information content (AvgIpc) is 3.48. The fourth-order valence-electron chi connectivity index (χ4n) is 4.85. The van der Waals surface area contributed by atoms with Gasteiger partial charge in [-0.05, 0) is 61.5 Å². The number of likely N-dealkylation sites (N-methyl/N-ethyl adjacent to an activating group) is 1. The first kappa shape index (κ1) is 25.6. The van der Waals surface area contributed by atoms with E-state index < -0.39 is 5.82 Å². The molecule has 0 spiro atoms. The predicted octanol–water partition coefficient (Wildman–Crippen LogP) is 4.66. The molecule has 0 saturated carbocycles. The third-order valence-corrected chi connectivity index (χ3v) is 7.16. The molecular formula is C30H29FN8O. The molecule has 5 heterocycles. The van der Waals surface area contributed by atoms with Gasteiger partial charge in [0.25, 0.3) is 0 Å². The maximum Gasteiger partial charge on any atom is 0.166 e. The van der Waals surface area contributed by atoms with Crippen LogP contribution in [0.15, 0.2) is 73.4 Å². The van der Waals surface area contributed by atoms with E-state index >= 15 is 0 Å². The highest BCUT2D eigenvalue weighted by atomic mass is 19.1. The number of halogens is 1. The number of hydrogen-bond acceptors (Lipinski definition) is 8. The monoisotopic (exact) mass is 536 g/mol. The van der Waals surface area contributed by atoms with E-state index in [-0.39, 0.29) is 11.4 Å². The molecule has 0 amide bonds. The summed E-state index contributed by atoms with van der Waals surface area (Å²) < 4.78 is 21.8. The molecule has 0 aliphatic carbocycles. The van der Waals surface area contributed by atoms with Crippen molar-refractivity contribution in [2.45, 2.75) is 6.92 Å². The quantitative estimate of drug-likeness (QED) is 0.310. The number of rotatable bonds is 6. The lowest BCUT2D eigenvalue weighted by Gasteiger charge is -2.33. The van der Waals surface area contributed by atoms with E-state index in [0.717, 1.165) is 54.3 Å². The molecule has 1 fully saturated rings. The number of hydrogen-bond donors (Lipinski definition) is 0. The van der Waals surface area contributed by atoms with Crippen molar-refractivity contribution < 1.29 is 9.13 Å². The summed E-state index contributed by atoms with van der Waals surface area (Å²) in [6, 6.07) is 12.6. The largest absolute Gasteiger partial charge is 0.496 e. The number of aryl methyl sites for hydroxylation is 1. The van der Waals surface area contributed by atoms with Crippen molar-refractivity contribution >= 4 is 5.82 Å². The molecule has 10 heteroatoms. The molecule has 1 aliphatic heterocycles. The number of aromatic nitrogens is 6. The Morgan fingerprint density at radius 2 is 1.73 bits per heavy atom. The van der Waals surface area contributed by atoms with Crippen molar-refractivity contribution in [3.8, 4) is 45.3 Å². The van der Waals surface area contributed by atoms with Crippen LogP contribution in [0.2, 0.25) is 0 Å². The maximum atomic E-state index is 14.7. The van der Waals surface area contributed by atoms with Crippen molar-refractivity contribution in [1.82, 2.24) is 34.6 Å². The molecule has 5 aromatic rings.